The van der Waals surface area contributed by atoms with Crippen molar-refractivity contribution < 1.29 is 19.0 Å². The average Bonchev–Trinajstić information content (AvgIpc) is 3.28. The first-order valence-electron chi connectivity index (χ1n) is 11.4. The third kappa shape index (κ3) is 5.42. The van der Waals surface area contributed by atoms with Gasteiger partial charge in [0.15, 0.2) is 5.65 Å². The first-order chi connectivity index (χ1) is 16.1. The van der Waals surface area contributed by atoms with Gasteiger partial charge in [-0.3, -0.25) is 4.79 Å². The number of nitrogens with zero attached hydrogens (tertiary/aromatic N) is 5. The van der Waals surface area contributed by atoms with Crippen molar-refractivity contribution in [2.75, 3.05) is 44.9 Å². The number of esters is 1. The number of anilines is 1. The Kier molecular flexibility index (Phi) is 7.39. The molecule has 9 heteroatoms. The van der Waals surface area contributed by atoms with Crippen LogP contribution in [0.1, 0.15) is 39.2 Å². The van der Waals surface area contributed by atoms with Crippen LogP contribution in [0.25, 0.3) is 22.4 Å². The highest BCUT2D eigenvalue weighted by Crippen LogP contribution is 2.30. The number of ether oxygens (including phenoxy) is 3. The van der Waals surface area contributed by atoms with Crippen LogP contribution in [-0.2, 0) is 14.3 Å². The van der Waals surface area contributed by atoms with Crippen LogP contribution in [0, 0.1) is 0 Å². The molecule has 0 N–H and O–H groups in total. The largest absolute Gasteiger partial charge is 0.494 e. The molecule has 4 rings (SSSR count). The molecular weight excluding hydrogens is 422 g/mol. The highest BCUT2D eigenvalue weighted by molar-refractivity contribution is 5.88. The van der Waals surface area contributed by atoms with Crippen LogP contribution in [0.4, 0.5) is 5.95 Å². The summed E-state index contributed by atoms with van der Waals surface area (Å²) >= 11 is 0. The first-order valence-corrected chi connectivity index (χ1v) is 11.4. The van der Waals surface area contributed by atoms with E-state index in [-0.39, 0.29) is 12.0 Å². The van der Waals surface area contributed by atoms with E-state index in [0.29, 0.717) is 32.2 Å². The Hall–Kier alpha value is -3.20. The van der Waals surface area contributed by atoms with E-state index < -0.39 is 0 Å². The Morgan fingerprint density at radius 3 is 2.58 bits per heavy atom. The minimum Gasteiger partial charge on any atom is -0.494 e. The third-order valence-electron chi connectivity index (χ3n) is 5.66. The number of hydrogen-bond donors (Lipinski definition) is 0. The molecule has 0 aliphatic carbocycles. The molecule has 3 heterocycles. The summed E-state index contributed by atoms with van der Waals surface area (Å²) in [5.74, 6) is 1.30. The van der Waals surface area contributed by atoms with E-state index in [1.165, 1.54) is 7.11 Å². The standard InChI is InChI=1S/C24H31N5O4/c1-17(2)29-16-25-22-21(26-24(27-23(22)29)28-11-14-32-15-12-28)18-7-9-19(10-8-18)33-13-5-4-6-20(30)31-3/h7-10,16-17H,4-6,11-15H2,1-3H3. The Bertz CT molecular complexity index is 1070. The maximum atomic E-state index is 11.2. The van der Waals surface area contributed by atoms with Crippen LogP contribution in [0.5, 0.6) is 5.75 Å². The van der Waals surface area contributed by atoms with Crippen molar-refractivity contribution in [1.82, 2.24) is 19.5 Å². The summed E-state index contributed by atoms with van der Waals surface area (Å²) in [6.07, 6.45) is 3.78. The van der Waals surface area contributed by atoms with Gasteiger partial charge in [-0.25, -0.2) is 9.97 Å². The summed E-state index contributed by atoms with van der Waals surface area (Å²) in [6, 6.07) is 8.13. The van der Waals surface area contributed by atoms with Crippen LogP contribution in [-0.4, -0.2) is 65.5 Å². The fraction of sp³-hybridized carbons (Fsp3) is 0.500. The van der Waals surface area contributed by atoms with Crippen molar-refractivity contribution >= 4 is 23.1 Å². The summed E-state index contributed by atoms with van der Waals surface area (Å²) in [4.78, 5) is 27.8. The van der Waals surface area contributed by atoms with Crippen LogP contribution in [0.15, 0.2) is 30.6 Å². The van der Waals surface area contributed by atoms with Gasteiger partial charge in [-0.1, -0.05) is 0 Å². The van der Waals surface area contributed by atoms with Gasteiger partial charge in [-0.2, -0.15) is 4.98 Å². The second-order valence-electron chi connectivity index (χ2n) is 8.30. The van der Waals surface area contributed by atoms with Crippen LogP contribution < -0.4 is 9.64 Å². The molecule has 0 unspecified atom stereocenters. The second kappa shape index (κ2) is 10.6. The summed E-state index contributed by atoms with van der Waals surface area (Å²) in [7, 11) is 1.41. The van der Waals surface area contributed by atoms with Gasteiger partial charge >= 0.3 is 5.97 Å². The minimum atomic E-state index is -0.188. The lowest BCUT2D eigenvalue weighted by molar-refractivity contribution is -0.140. The molecule has 1 aliphatic rings. The molecule has 3 aromatic rings. The Labute approximate surface area is 193 Å². The van der Waals surface area contributed by atoms with Gasteiger partial charge in [0.1, 0.15) is 17.0 Å². The molecule has 0 saturated carbocycles. The molecule has 0 amide bonds. The van der Waals surface area contributed by atoms with Crippen LogP contribution >= 0.6 is 0 Å². The highest BCUT2D eigenvalue weighted by atomic mass is 16.5. The summed E-state index contributed by atoms with van der Waals surface area (Å²) in [5, 5.41) is 0. The number of imidazole rings is 1. The van der Waals surface area contributed by atoms with Crippen molar-refractivity contribution in [3.05, 3.63) is 30.6 Å². The molecule has 2 aromatic heterocycles. The lowest BCUT2D eigenvalue weighted by atomic mass is 10.1. The molecule has 1 saturated heterocycles. The molecule has 176 valence electrons. The highest BCUT2D eigenvalue weighted by Gasteiger charge is 2.20. The Morgan fingerprint density at radius 1 is 1.12 bits per heavy atom. The molecular formula is C24H31N5O4. The molecule has 1 aliphatic heterocycles. The fourth-order valence-electron chi connectivity index (χ4n) is 3.76. The summed E-state index contributed by atoms with van der Waals surface area (Å²) in [6.45, 7) is 7.67. The van der Waals surface area contributed by atoms with E-state index in [0.717, 1.165) is 54.1 Å². The Morgan fingerprint density at radius 2 is 1.88 bits per heavy atom. The number of morpholine rings is 1. The van der Waals surface area contributed by atoms with Gasteiger partial charge in [0, 0.05) is 31.1 Å². The smallest absolute Gasteiger partial charge is 0.305 e. The quantitative estimate of drug-likeness (QED) is 0.358. The van der Waals surface area contributed by atoms with Crippen LogP contribution in [0.2, 0.25) is 0 Å². The van der Waals surface area contributed by atoms with Crippen molar-refractivity contribution in [1.29, 1.82) is 0 Å². The van der Waals surface area contributed by atoms with E-state index in [9.17, 15) is 4.79 Å². The maximum Gasteiger partial charge on any atom is 0.305 e. The third-order valence-corrected chi connectivity index (χ3v) is 5.66. The van der Waals surface area contributed by atoms with Crippen molar-refractivity contribution in [2.24, 2.45) is 0 Å². The van der Waals surface area contributed by atoms with Gasteiger partial charge in [0.25, 0.3) is 0 Å². The fourth-order valence-corrected chi connectivity index (χ4v) is 3.76. The zero-order valence-corrected chi connectivity index (χ0v) is 19.5. The SMILES string of the molecule is COC(=O)CCCCOc1ccc(-c2nc(N3CCOCC3)nc3c2ncn3C(C)C)cc1. The van der Waals surface area contributed by atoms with Gasteiger partial charge in [-0.15, -0.1) is 0 Å². The first kappa shape index (κ1) is 23.0. The van der Waals surface area contributed by atoms with E-state index in [1.807, 2.05) is 30.6 Å². The van der Waals surface area contributed by atoms with Gasteiger partial charge < -0.3 is 23.7 Å². The second-order valence-corrected chi connectivity index (χ2v) is 8.30. The zero-order valence-electron chi connectivity index (χ0n) is 19.5. The molecule has 1 fully saturated rings. The predicted molar refractivity (Wildman–Crippen MR) is 126 cm³/mol. The predicted octanol–water partition coefficient (Wildman–Crippen LogP) is 3.63. The monoisotopic (exact) mass is 453 g/mol. The van der Waals surface area contributed by atoms with E-state index >= 15 is 0 Å². The van der Waals surface area contributed by atoms with Crippen molar-refractivity contribution in [3.63, 3.8) is 0 Å². The molecule has 0 bridgehead atoms. The van der Waals surface area contributed by atoms with Crippen molar-refractivity contribution in [3.8, 4) is 17.0 Å². The number of methoxy groups -OCH3 is 1. The van der Waals surface area contributed by atoms with E-state index in [4.69, 9.17) is 19.4 Å². The number of unbranched alkanes of at least 4 members (excludes halogenated alkanes) is 1. The van der Waals surface area contributed by atoms with Crippen LogP contribution in [0.3, 0.4) is 0 Å². The number of benzene rings is 1. The maximum absolute atomic E-state index is 11.2. The molecule has 0 spiro atoms. The van der Waals surface area contributed by atoms with Gasteiger partial charge in [0.05, 0.1) is 33.3 Å². The van der Waals surface area contributed by atoms with Gasteiger partial charge in [0.2, 0.25) is 5.95 Å². The number of hydrogen-bond acceptors (Lipinski definition) is 8. The normalized spacial score (nSPS) is 14.1. The molecule has 0 radical (unpaired) electrons. The number of rotatable bonds is 9. The van der Waals surface area contributed by atoms with E-state index in [2.05, 4.69) is 33.0 Å². The molecule has 33 heavy (non-hydrogen) atoms. The zero-order chi connectivity index (χ0) is 23.2. The number of fused-ring (bicyclic) bond motifs is 1. The summed E-state index contributed by atoms with van der Waals surface area (Å²) in [5.41, 5.74) is 3.40. The topological polar surface area (TPSA) is 91.6 Å². The number of carbonyl (C=O) groups excluding carboxylic acids is 1. The molecule has 0 atom stereocenters. The molecule has 1 aromatic carbocycles. The number of aromatic nitrogens is 4. The Balaban J connectivity index is 1.54. The number of carbonyl (C=O) groups is 1. The van der Waals surface area contributed by atoms with E-state index in [1.54, 1.807) is 0 Å². The molecule has 9 nitrogen and oxygen atoms in total. The lowest BCUT2D eigenvalue weighted by Gasteiger charge is -2.27. The lowest BCUT2D eigenvalue weighted by Crippen LogP contribution is -2.37. The van der Waals surface area contributed by atoms with Gasteiger partial charge in [-0.05, 0) is 51.0 Å². The minimum absolute atomic E-state index is 0.188. The average molecular weight is 454 g/mol. The van der Waals surface area contributed by atoms with Crippen molar-refractivity contribution in [2.45, 2.75) is 39.2 Å². The summed E-state index contributed by atoms with van der Waals surface area (Å²) < 4.78 is 18.1.